The molecule has 0 bridgehead atoms. The zero-order valence-electron chi connectivity index (χ0n) is 28.4. The molecule has 4 nitrogen and oxygen atoms in total. The lowest BCUT2D eigenvalue weighted by atomic mass is 10.0. The van der Waals surface area contributed by atoms with E-state index in [1.165, 1.54) is 30.8 Å². The summed E-state index contributed by atoms with van der Waals surface area (Å²) in [5.41, 5.74) is 1.07. The van der Waals surface area contributed by atoms with Gasteiger partial charge in [0.2, 0.25) is 8.32 Å². The van der Waals surface area contributed by atoms with Crippen molar-refractivity contribution in [2.75, 3.05) is 11.5 Å². The summed E-state index contributed by atoms with van der Waals surface area (Å²) in [6.07, 6.45) is 16.6. The van der Waals surface area contributed by atoms with Gasteiger partial charge in [-0.2, -0.15) is 0 Å². The first-order valence-corrected chi connectivity index (χ1v) is 20.8. The van der Waals surface area contributed by atoms with Crippen molar-refractivity contribution in [3.8, 4) is 0 Å². The van der Waals surface area contributed by atoms with E-state index in [9.17, 15) is 9.90 Å². The van der Waals surface area contributed by atoms with Gasteiger partial charge in [0.1, 0.15) is 5.60 Å². The number of rotatable bonds is 20. The first-order valence-electron chi connectivity index (χ1n) is 16.7. The Hall–Kier alpha value is 0.0469. The molecule has 0 radical (unpaired) electrons. The van der Waals surface area contributed by atoms with Crippen molar-refractivity contribution in [1.29, 1.82) is 0 Å². The molecule has 0 amide bonds. The van der Waals surface area contributed by atoms with Crippen LogP contribution in [0.3, 0.4) is 0 Å². The van der Waals surface area contributed by atoms with Crippen molar-refractivity contribution in [3.63, 3.8) is 0 Å². The SMILES string of the molecule is CCCCC[C@@H](O)[C@@H](/C=C/C1(CCCCCCCC(=O)OC(C)(C)C)SCCCS1)O[Si](C(C)C)(C(C)C)C(C)C. The van der Waals surface area contributed by atoms with Crippen LogP contribution in [0.15, 0.2) is 12.2 Å². The van der Waals surface area contributed by atoms with E-state index in [-0.39, 0.29) is 16.2 Å². The molecule has 0 aromatic heterocycles. The van der Waals surface area contributed by atoms with Crippen LogP contribution < -0.4 is 0 Å². The van der Waals surface area contributed by atoms with Gasteiger partial charge in [-0.15, -0.1) is 23.5 Å². The van der Waals surface area contributed by atoms with E-state index in [4.69, 9.17) is 9.16 Å². The normalized spacial score (nSPS) is 18.0. The van der Waals surface area contributed by atoms with Gasteiger partial charge in [0, 0.05) is 6.42 Å². The van der Waals surface area contributed by atoms with Crippen LogP contribution in [0.4, 0.5) is 0 Å². The van der Waals surface area contributed by atoms with Crippen LogP contribution in [0, 0.1) is 0 Å². The molecule has 1 aliphatic rings. The Balaban J connectivity index is 2.92. The highest BCUT2D eigenvalue weighted by atomic mass is 32.2. The Morgan fingerprint density at radius 3 is 2.00 bits per heavy atom. The molecular formula is C34H66O4S2Si. The van der Waals surface area contributed by atoms with Crippen molar-refractivity contribution in [3.05, 3.63) is 12.2 Å². The molecule has 7 heteroatoms. The minimum absolute atomic E-state index is 0.0667. The molecule has 1 rings (SSSR count). The van der Waals surface area contributed by atoms with Crippen molar-refractivity contribution < 1.29 is 19.1 Å². The maximum Gasteiger partial charge on any atom is 0.306 e. The van der Waals surface area contributed by atoms with Crippen LogP contribution in [0.1, 0.15) is 146 Å². The standard InChI is InChI=1S/C34H66O4S2Si/c1-11-12-16-20-30(35)31(38-41(27(2)3,28(4)5)29(6)7)22-24-34(39-25-19-26-40-34)23-18-15-13-14-17-21-32(36)37-33(8,9)10/h22,24,27-31,35H,11-21,23,25-26H2,1-10H3/b24-22+/t30-,31-/m1/s1. The fourth-order valence-electron chi connectivity index (χ4n) is 6.38. The minimum atomic E-state index is -2.14. The summed E-state index contributed by atoms with van der Waals surface area (Å²) in [6, 6.07) is 0. The molecule has 0 aromatic carbocycles. The first kappa shape index (κ1) is 39.1. The molecule has 0 aromatic rings. The first-order chi connectivity index (χ1) is 19.2. The molecule has 1 saturated heterocycles. The number of hydrogen-bond acceptors (Lipinski definition) is 6. The third-order valence-electron chi connectivity index (χ3n) is 8.38. The van der Waals surface area contributed by atoms with Gasteiger partial charge >= 0.3 is 5.97 Å². The highest BCUT2D eigenvalue weighted by Crippen LogP contribution is 2.48. The predicted octanol–water partition coefficient (Wildman–Crippen LogP) is 10.7. The lowest BCUT2D eigenvalue weighted by Gasteiger charge is -2.45. The highest BCUT2D eigenvalue weighted by Gasteiger charge is 2.47. The summed E-state index contributed by atoms with van der Waals surface area (Å²) >= 11 is 4.18. The van der Waals surface area contributed by atoms with Crippen molar-refractivity contribution in [1.82, 2.24) is 0 Å². The molecule has 1 heterocycles. The second-order valence-electron chi connectivity index (χ2n) is 14.0. The molecule has 0 saturated carbocycles. The van der Waals surface area contributed by atoms with Gasteiger partial charge in [-0.1, -0.05) is 106 Å². The highest BCUT2D eigenvalue weighted by molar-refractivity contribution is 8.19. The minimum Gasteiger partial charge on any atom is -0.460 e. The Morgan fingerprint density at radius 2 is 1.46 bits per heavy atom. The maximum atomic E-state index is 12.0. The van der Waals surface area contributed by atoms with Gasteiger partial charge in [-0.05, 0) is 74.6 Å². The lowest BCUT2D eigenvalue weighted by molar-refractivity contribution is -0.154. The Kier molecular flexibility index (Phi) is 18.5. The average Bonchev–Trinajstić information content (AvgIpc) is 2.87. The summed E-state index contributed by atoms with van der Waals surface area (Å²) in [5.74, 6) is 2.31. The van der Waals surface area contributed by atoms with Crippen LogP contribution >= 0.6 is 23.5 Å². The van der Waals surface area contributed by atoms with Gasteiger partial charge in [0.05, 0.1) is 16.3 Å². The number of unbranched alkanes of at least 4 members (excludes halogenated alkanes) is 6. The van der Waals surface area contributed by atoms with Crippen LogP contribution in [0.25, 0.3) is 0 Å². The van der Waals surface area contributed by atoms with Crippen LogP contribution in [-0.2, 0) is 14.0 Å². The van der Waals surface area contributed by atoms with E-state index in [1.807, 2.05) is 20.8 Å². The Labute approximate surface area is 264 Å². The van der Waals surface area contributed by atoms with E-state index in [0.717, 1.165) is 51.4 Å². The fourth-order valence-corrected chi connectivity index (χ4v) is 15.1. The monoisotopic (exact) mass is 630 g/mol. The molecule has 1 aliphatic heterocycles. The summed E-state index contributed by atoms with van der Waals surface area (Å²) in [6.45, 7) is 22.0. The van der Waals surface area contributed by atoms with Gasteiger partial charge in [-0.3, -0.25) is 4.79 Å². The number of carbonyl (C=O) groups is 1. The maximum absolute atomic E-state index is 12.0. The number of aliphatic hydroxyl groups is 1. The van der Waals surface area contributed by atoms with Crippen LogP contribution in [0.5, 0.6) is 0 Å². The molecule has 242 valence electrons. The third kappa shape index (κ3) is 14.1. The topological polar surface area (TPSA) is 55.8 Å². The Bertz CT molecular complexity index is 720. The third-order valence-corrected chi connectivity index (χ3v) is 17.8. The van der Waals surface area contributed by atoms with Gasteiger partial charge in [0.15, 0.2) is 0 Å². The largest absolute Gasteiger partial charge is 0.460 e. The summed E-state index contributed by atoms with van der Waals surface area (Å²) in [5, 5.41) is 11.5. The molecule has 1 N–H and O–H groups in total. The Morgan fingerprint density at radius 1 is 0.902 bits per heavy atom. The fraction of sp³-hybridized carbons (Fsp3) is 0.912. The second kappa shape index (κ2) is 19.4. The zero-order chi connectivity index (χ0) is 31.1. The van der Waals surface area contributed by atoms with E-state index >= 15 is 0 Å². The van der Waals surface area contributed by atoms with E-state index in [2.05, 4.69) is 84.1 Å². The molecule has 0 unspecified atom stereocenters. The summed E-state index contributed by atoms with van der Waals surface area (Å²) < 4.78 is 12.7. The predicted molar refractivity (Wildman–Crippen MR) is 186 cm³/mol. The van der Waals surface area contributed by atoms with Gasteiger partial charge in [0.25, 0.3) is 0 Å². The van der Waals surface area contributed by atoms with E-state index in [0.29, 0.717) is 23.0 Å². The number of ether oxygens (including phenoxy) is 1. The van der Waals surface area contributed by atoms with Crippen molar-refractivity contribution in [2.24, 2.45) is 0 Å². The van der Waals surface area contributed by atoms with E-state index < -0.39 is 20.0 Å². The molecule has 1 fully saturated rings. The number of hydrogen-bond donors (Lipinski definition) is 1. The summed E-state index contributed by atoms with van der Waals surface area (Å²) in [7, 11) is -2.14. The van der Waals surface area contributed by atoms with Crippen molar-refractivity contribution >= 4 is 37.8 Å². The van der Waals surface area contributed by atoms with Crippen LogP contribution in [0.2, 0.25) is 16.6 Å². The molecule has 0 aliphatic carbocycles. The number of thioether (sulfide) groups is 2. The van der Waals surface area contributed by atoms with Gasteiger partial charge < -0.3 is 14.3 Å². The molecule has 0 spiro atoms. The van der Waals surface area contributed by atoms with Crippen LogP contribution in [-0.4, -0.2) is 52.8 Å². The quantitative estimate of drug-likeness (QED) is 0.0625. The molecule has 41 heavy (non-hydrogen) atoms. The average molecular weight is 631 g/mol. The number of esters is 1. The summed E-state index contributed by atoms with van der Waals surface area (Å²) in [4.78, 5) is 12.0. The molecular weight excluding hydrogens is 565 g/mol. The van der Waals surface area contributed by atoms with Gasteiger partial charge in [-0.25, -0.2) is 0 Å². The lowest BCUT2D eigenvalue weighted by Crippen LogP contribution is -2.52. The smallest absolute Gasteiger partial charge is 0.306 e. The van der Waals surface area contributed by atoms with E-state index in [1.54, 1.807) is 0 Å². The van der Waals surface area contributed by atoms with Crippen molar-refractivity contribution in [2.45, 2.75) is 185 Å². The number of carbonyl (C=O) groups excluding carboxylic acids is 1. The number of aliphatic hydroxyl groups excluding tert-OH is 1. The second-order valence-corrected chi connectivity index (χ2v) is 22.6. The molecule has 2 atom stereocenters. The zero-order valence-corrected chi connectivity index (χ0v) is 31.1.